The Morgan fingerprint density at radius 1 is 1.47 bits per heavy atom. The van der Waals surface area contributed by atoms with Crippen molar-refractivity contribution in [1.29, 1.82) is 0 Å². The summed E-state index contributed by atoms with van der Waals surface area (Å²) in [5.74, 6) is 0. The van der Waals surface area contributed by atoms with E-state index in [4.69, 9.17) is 5.73 Å². The normalized spacial score (nSPS) is 17.9. The minimum absolute atomic E-state index is 0.376. The molecular formula is C11H18N4. The van der Waals surface area contributed by atoms with Crippen LogP contribution in [0.15, 0.2) is 18.5 Å². The zero-order valence-electron chi connectivity index (χ0n) is 9.11. The third-order valence-corrected chi connectivity index (χ3v) is 2.95. The van der Waals surface area contributed by atoms with Gasteiger partial charge in [-0.05, 0) is 18.9 Å². The lowest BCUT2D eigenvalue weighted by Gasteiger charge is -2.33. The van der Waals surface area contributed by atoms with Gasteiger partial charge in [0, 0.05) is 32.4 Å². The fourth-order valence-corrected chi connectivity index (χ4v) is 2.00. The Hall–Kier alpha value is -1.29. The van der Waals surface area contributed by atoms with E-state index < -0.39 is 0 Å². The number of nitrogens with zero attached hydrogens (tertiary/aromatic N) is 2. The van der Waals surface area contributed by atoms with Crippen molar-refractivity contribution in [2.45, 2.75) is 18.9 Å². The molecule has 1 aromatic heterocycles. The maximum atomic E-state index is 5.89. The van der Waals surface area contributed by atoms with Crippen molar-refractivity contribution >= 4 is 11.4 Å². The molecule has 0 bridgehead atoms. The van der Waals surface area contributed by atoms with Crippen molar-refractivity contribution < 1.29 is 0 Å². The van der Waals surface area contributed by atoms with Gasteiger partial charge in [0.05, 0.1) is 17.6 Å². The van der Waals surface area contributed by atoms with Gasteiger partial charge in [-0.15, -0.1) is 0 Å². The summed E-state index contributed by atoms with van der Waals surface area (Å²) in [6, 6.07) is 2.43. The topological polar surface area (TPSA) is 54.2 Å². The van der Waals surface area contributed by atoms with E-state index in [1.54, 1.807) is 0 Å². The Labute approximate surface area is 90.5 Å². The van der Waals surface area contributed by atoms with Crippen LogP contribution in [-0.2, 0) is 0 Å². The van der Waals surface area contributed by atoms with E-state index in [1.807, 2.05) is 19.4 Å². The molecule has 0 aromatic carbocycles. The Morgan fingerprint density at radius 2 is 2.20 bits per heavy atom. The molecule has 2 heterocycles. The van der Waals surface area contributed by atoms with Crippen LogP contribution in [0.25, 0.3) is 0 Å². The summed E-state index contributed by atoms with van der Waals surface area (Å²) in [5, 5.41) is 3.17. The average Bonchev–Trinajstić information content (AvgIpc) is 2.30. The SMILES string of the molecule is CNc1cnccc1N1CCC(N)CC1. The van der Waals surface area contributed by atoms with Crippen molar-refractivity contribution in [3.63, 3.8) is 0 Å². The van der Waals surface area contributed by atoms with E-state index >= 15 is 0 Å². The van der Waals surface area contributed by atoms with Crippen molar-refractivity contribution in [2.75, 3.05) is 30.4 Å². The average molecular weight is 206 g/mol. The molecule has 0 atom stereocenters. The number of aromatic nitrogens is 1. The van der Waals surface area contributed by atoms with E-state index in [0.29, 0.717) is 6.04 Å². The van der Waals surface area contributed by atoms with E-state index in [-0.39, 0.29) is 0 Å². The summed E-state index contributed by atoms with van der Waals surface area (Å²) in [7, 11) is 1.93. The smallest absolute Gasteiger partial charge is 0.0761 e. The summed E-state index contributed by atoms with van der Waals surface area (Å²) < 4.78 is 0. The molecule has 0 spiro atoms. The van der Waals surface area contributed by atoms with Gasteiger partial charge in [0.25, 0.3) is 0 Å². The molecule has 4 heteroatoms. The molecule has 1 aliphatic rings. The van der Waals surface area contributed by atoms with Crippen molar-refractivity contribution in [3.8, 4) is 0 Å². The van der Waals surface area contributed by atoms with Gasteiger partial charge in [-0.1, -0.05) is 0 Å². The Morgan fingerprint density at radius 3 is 2.87 bits per heavy atom. The van der Waals surface area contributed by atoms with E-state index in [2.05, 4.69) is 21.3 Å². The minimum atomic E-state index is 0.376. The minimum Gasteiger partial charge on any atom is -0.385 e. The summed E-state index contributed by atoms with van der Waals surface area (Å²) >= 11 is 0. The lowest BCUT2D eigenvalue weighted by atomic mass is 10.1. The van der Waals surface area contributed by atoms with Crippen LogP contribution in [0, 0.1) is 0 Å². The Kier molecular flexibility index (Phi) is 3.06. The number of pyridine rings is 1. The molecule has 0 amide bonds. The number of hydrogen-bond acceptors (Lipinski definition) is 4. The number of nitrogens with one attached hydrogen (secondary N) is 1. The highest BCUT2D eigenvalue weighted by molar-refractivity contribution is 5.68. The molecule has 3 N–H and O–H groups in total. The first kappa shape index (κ1) is 10.2. The summed E-state index contributed by atoms with van der Waals surface area (Å²) in [4.78, 5) is 6.48. The summed E-state index contributed by atoms with van der Waals surface area (Å²) in [5.41, 5.74) is 8.22. The summed E-state index contributed by atoms with van der Waals surface area (Å²) in [6.45, 7) is 2.08. The van der Waals surface area contributed by atoms with Crippen molar-refractivity contribution in [2.24, 2.45) is 5.73 Å². The van der Waals surface area contributed by atoms with E-state index in [1.165, 1.54) is 5.69 Å². The van der Waals surface area contributed by atoms with Crippen LogP contribution >= 0.6 is 0 Å². The molecule has 0 saturated carbocycles. The highest BCUT2D eigenvalue weighted by Gasteiger charge is 2.17. The van der Waals surface area contributed by atoms with Crippen LogP contribution in [0.2, 0.25) is 0 Å². The number of anilines is 2. The predicted molar refractivity (Wildman–Crippen MR) is 63.2 cm³/mol. The van der Waals surface area contributed by atoms with Crippen molar-refractivity contribution in [1.82, 2.24) is 4.98 Å². The standard InChI is InChI=1S/C11H18N4/c1-13-10-8-14-5-2-11(10)15-6-3-9(12)4-7-15/h2,5,8-9,13H,3-4,6-7,12H2,1H3. The van der Waals surface area contributed by atoms with Gasteiger partial charge in [-0.25, -0.2) is 0 Å². The second kappa shape index (κ2) is 4.49. The second-order valence-corrected chi connectivity index (χ2v) is 3.97. The maximum Gasteiger partial charge on any atom is 0.0761 e. The molecule has 0 unspecified atom stereocenters. The van der Waals surface area contributed by atoms with E-state index in [0.717, 1.165) is 31.6 Å². The molecular weight excluding hydrogens is 188 g/mol. The van der Waals surface area contributed by atoms with Gasteiger partial charge >= 0.3 is 0 Å². The van der Waals surface area contributed by atoms with Gasteiger partial charge in [0.2, 0.25) is 0 Å². The first-order valence-corrected chi connectivity index (χ1v) is 5.43. The highest BCUT2D eigenvalue weighted by Crippen LogP contribution is 2.26. The van der Waals surface area contributed by atoms with Crippen LogP contribution in [0.3, 0.4) is 0 Å². The molecule has 0 aliphatic carbocycles. The fourth-order valence-electron chi connectivity index (χ4n) is 2.00. The molecule has 1 fully saturated rings. The first-order valence-electron chi connectivity index (χ1n) is 5.43. The zero-order chi connectivity index (χ0) is 10.7. The van der Waals surface area contributed by atoms with Gasteiger partial charge in [0.15, 0.2) is 0 Å². The van der Waals surface area contributed by atoms with Crippen LogP contribution in [0.4, 0.5) is 11.4 Å². The maximum absolute atomic E-state index is 5.89. The number of rotatable bonds is 2. The van der Waals surface area contributed by atoms with Gasteiger partial charge in [-0.3, -0.25) is 4.98 Å². The number of hydrogen-bond donors (Lipinski definition) is 2. The van der Waals surface area contributed by atoms with Crippen LogP contribution in [-0.4, -0.2) is 31.2 Å². The van der Waals surface area contributed by atoms with Gasteiger partial charge in [0.1, 0.15) is 0 Å². The quantitative estimate of drug-likeness (QED) is 0.759. The van der Waals surface area contributed by atoms with Gasteiger partial charge in [-0.2, -0.15) is 0 Å². The lowest BCUT2D eigenvalue weighted by molar-refractivity contribution is 0.501. The fraction of sp³-hybridized carbons (Fsp3) is 0.545. The number of nitrogens with two attached hydrogens (primary N) is 1. The molecule has 0 radical (unpaired) electrons. The Bertz CT molecular complexity index is 318. The third-order valence-electron chi connectivity index (χ3n) is 2.95. The molecule has 1 aliphatic heterocycles. The molecule has 82 valence electrons. The number of piperidine rings is 1. The molecule has 15 heavy (non-hydrogen) atoms. The van der Waals surface area contributed by atoms with Crippen LogP contribution in [0.1, 0.15) is 12.8 Å². The molecule has 1 saturated heterocycles. The molecule has 2 rings (SSSR count). The summed E-state index contributed by atoms with van der Waals surface area (Å²) in [6.07, 6.45) is 5.85. The first-order chi connectivity index (χ1) is 7.31. The highest BCUT2D eigenvalue weighted by atomic mass is 15.2. The monoisotopic (exact) mass is 206 g/mol. The van der Waals surface area contributed by atoms with E-state index in [9.17, 15) is 0 Å². The van der Waals surface area contributed by atoms with Crippen LogP contribution in [0.5, 0.6) is 0 Å². The van der Waals surface area contributed by atoms with Crippen LogP contribution < -0.4 is 16.0 Å². The third kappa shape index (κ3) is 2.21. The Balaban J connectivity index is 2.15. The van der Waals surface area contributed by atoms with Gasteiger partial charge < -0.3 is 16.0 Å². The van der Waals surface area contributed by atoms with Crippen molar-refractivity contribution in [3.05, 3.63) is 18.5 Å². The predicted octanol–water partition coefficient (Wildman–Crippen LogP) is 1.05. The second-order valence-electron chi connectivity index (χ2n) is 3.97. The zero-order valence-corrected chi connectivity index (χ0v) is 9.11. The molecule has 1 aromatic rings. The largest absolute Gasteiger partial charge is 0.385 e. The molecule has 4 nitrogen and oxygen atoms in total. The lowest BCUT2D eigenvalue weighted by Crippen LogP contribution is -2.39.